The molecule has 0 spiro atoms. The van der Waals surface area contributed by atoms with Crippen LogP contribution in [0, 0.1) is 11.3 Å². The van der Waals surface area contributed by atoms with Gasteiger partial charge < -0.3 is 4.74 Å². The highest BCUT2D eigenvalue weighted by Gasteiger charge is 2.10. The largest absolute Gasteiger partial charge is 0.497 e. The van der Waals surface area contributed by atoms with Crippen LogP contribution < -0.4 is 4.74 Å². The SMILES string of the molecule is COc1ccc(-c2nn(CCC#N)cc2C=Cc2ccc3ccccc3n2)cc1. The number of benzene rings is 2. The zero-order chi connectivity index (χ0) is 20.1. The first-order valence-corrected chi connectivity index (χ1v) is 9.39. The van der Waals surface area contributed by atoms with Crippen molar-refractivity contribution >= 4 is 23.1 Å². The lowest BCUT2D eigenvalue weighted by Crippen LogP contribution is -1.97. The molecule has 142 valence electrons. The molecule has 0 fully saturated rings. The first-order chi connectivity index (χ1) is 14.3. The van der Waals surface area contributed by atoms with Crippen molar-refractivity contribution in [3.8, 4) is 23.1 Å². The Kier molecular flexibility index (Phi) is 5.35. The van der Waals surface area contributed by atoms with Crippen molar-refractivity contribution in [1.82, 2.24) is 14.8 Å². The number of ether oxygens (including phenoxy) is 1. The number of fused-ring (bicyclic) bond motifs is 1. The van der Waals surface area contributed by atoms with E-state index in [1.807, 2.05) is 71.6 Å². The van der Waals surface area contributed by atoms with E-state index in [9.17, 15) is 0 Å². The number of pyridine rings is 1. The molecule has 4 rings (SSSR count). The lowest BCUT2D eigenvalue weighted by molar-refractivity contribution is 0.415. The molecule has 0 amide bonds. The number of nitrogens with zero attached hydrogens (tertiary/aromatic N) is 4. The maximum Gasteiger partial charge on any atom is 0.118 e. The number of rotatable bonds is 6. The van der Waals surface area contributed by atoms with Crippen LogP contribution >= 0.6 is 0 Å². The maximum absolute atomic E-state index is 8.89. The summed E-state index contributed by atoms with van der Waals surface area (Å²) < 4.78 is 7.07. The van der Waals surface area contributed by atoms with Gasteiger partial charge in [0.25, 0.3) is 0 Å². The van der Waals surface area contributed by atoms with Crippen molar-refractivity contribution in [1.29, 1.82) is 5.26 Å². The topological polar surface area (TPSA) is 63.7 Å². The fourth-order valence-electron chi connectivity index (χ4n) is 3.16. The van der Waals surface area contributed by atoms with E-state index in [0.717, 1.165) is 39.2 Å². The predicted molar refractivity (Wildman–Crippen MR) is 115 cm³/mol. The van der Waals surface area contributed by atoms with Gasteiger partial charge in [-0.1, -0.05) is 24.3 Å². The minimum Gasteiger partial charge on any atom is -0.497 e. The molecule has 0 aliphatic heterocycles. The van der Waals surface area contributed by atoms with Crippen LogP contribution in [-0.2, 0) is 6.54 Å². The predicted octanol–water partition coefficient (Wildman–Crippen LogP) is 5.19. The second kappa shape index (κ2) is 8.41. The monoisotopic (exact) mass is 380 g/mol. The average Bonchev–Trinajstić information content (AvgIpc) is 3.19. The summed E-state index contributed by atoms with van der Waals surface area (Å²) in [5, 5.41) is 14.7. The van der Waals surface area contributed by atoms with Crippen LogP contribution in [0.4, 0.5) is 0 Å². The molecular formula is C24H20N4O. The third-order valence-corrected chi connectivity index (χ3v) is 4.66. The van der Waals surface area contributed by atoms with Crippen LogP contribution in [0.5, 0.6) is 5.75 Å². The molecule has 29 heavy (non-hydrogen) atoms. The van der Waals surface area contributed by atoms with Crippen molar-refractivity contribution in [3.63, 3.8) is 0 Å². The van der Waals surface area contributed by atoms with E-state index in [-0.39, 0.29) is 0 Å². The summed E-state index contributed by atoms with van der Waals surface area (Å²) >= 11 is 0. The molecular weight excluding hydrogens is 360 g/mol. The molecule has 0 saturated carbocycles. The molecule has 0 aliphatic carbocycles. The first-order valence-electron chi connectivity index (χ1n) is 9.39. The quantitative estimate of drug-likeness (QED) is 0.462. The number of hydrogen-bond acceptors (Lipinski definition) is 4. The number of hydrogen-bond donors (Lipinski definition) is 0. The summed E-state index contributed by atoms with van der Waals surface area (Å²) in [6.45, 7) is 0.557. The Morgan fingerprint density at radius 2 is 1.86 bits per heavy atom. The van der Waals surface area contributed by atoms with E-state index in [4.69, 9.17) is 15.0 Å². The Morgan fingerprint density at radius 3 is 2.66 bits per heavy atom. The number of nitriles is 1. The van der Waals surface area contributed by atoms with Gasteiger partial charge in [-0.2, -0.15) is 10.4 Å². The standard InChI is InChI=1S/C24H20N4O/c1-29-22-13-9-19(10-14-22)24-20(17-28(27-24)16-4-15-25)8-12-21-11-7-18-5-2-3-6-23(18)26-21/h2-3,5-14,17H,4,16H2,1H3. The van der Waals surface area contributed by atoms with Crippen molar-refractivity contribution in [2.75, 3.05) is 7.11 Å². The maximum atomic E-state index is 8.89. The second-order valence-electron chi connectivity index (χ2n) is 6.59. The smallest absolute Gasteiger partial charge is 0.118 e. The van der Waals surface area contributed by atoms with Gasteiger partial charge in [0.2, 0.25) is 0 Å². The highest BCUT2D eigenvalue weighted by molar-refractivity contribution is 5.82. The van der Waals surface area contributed by atoms with Gasteiger partial charge in [0.05, 0.1) is 43.0 Å². The summed E-state index contributed by atoms with van der Waals surface area (Å²) in [5.41, 5.74) is 4.68. The number of aromatic nitrogens is 3. The van der Waals surface area contributed by atoms with Gasteiger partial charge in [-0.15, -0.1) is 0 Å². The highest BCUT2D eigenvalue weighted by Crippen LogP contribution is 2.26. The highest BCUT2D eigenvalue weighted by atomic mass is 16.5. The summed E-state index contributed by atoms with van der Waals surface area (Å²) in [6.07, 6.45) is 6.39. The Balaban J connectivity index is 1.69. The van der Waals surface area contributed by atoms with Gasteiger partial charge in [-0.3, -0.25) is 4.68 Å². The van der Waals surface area contributed by atoms with E-state index in [0.29, 0.717) is 13.0 Å². The minimum atomic E-state index is 0.416. The van der Waals surface area contributed by atoms with Crippen LogP contribution in [0.3, 0.4) is 0 Å². The van der Waals surface area contributed by atoms with Crippen LogP contribution in [0.25, 0.3) is 34.3 Å². The second-order valence-corrected chi connectivity index (χ2v) is 6.59. The van der Waals surface area contributed by atoms with E-state index in [1.54, 1.807) is 7.11 Å². The fourth-order valence-corrected chi connectivity index (χ4v) is 3.16. The zero-order valence-corrected chi connectivity index (χ0v) is 16.1. The Bertz CT molecular complexity index is 1200. The van der Waals surface area contributed by atoms with Crippen LogP contribution in [-0.4, -0.2) is 21.9 Å². The van der Waals surface area contributed by atoms with E-state index in [1.165, 1.54) is 0 Å². The van der Waals surface area contributed by atoms with Gasteiger partial charge in [-0.05, 0) is 48.6 Å². The summed E-state index contributed by atoms with van der Waals surface area (Å²) in [6, 6.07) is 22.1. The molecule has 4 aromatic rings. The zero-order valence-electron chi connectivity index (χ0n) is 16.1. The molecule has 5 nitrogen and oxygen atoms in total. The van der Waals surface area contributed by atoms with Gasteiger partial charge in [0.15, 0.2) is 0 Å². The third-order valence-electron chi connectivity index (χ3n) is 4.66. The Morgan fingerprint density at radius 1 is 1.03 bits per heavy atom. The number of aryl methyl sites for hydroxylation is 1. The Labute approximate surface area is 169 Å². The molecule has 0 N–H and O–H groups in total. The molecule has 0 atom stereocenters. The van der Waals surface area contributed by atoms with Gasteiger partial charge in [-0.25, -0.2) is 4.98 Å². The third kappa shape index (κ3) is 4.17. The van der Waals surface area contributed by atoms with E-state index >= 15 is 0 Å². The van der Waals surface area contributed by atoms with Crippen LogP contribution in [0.1, 0.15) is 17.7 Å². The molecule has 0 saturated heterocycles. The van der Waals surface area contributed by atoms with Gasteiger partial charge >= 0.3 is 0 Å². The molecule has 2 aromatic carbocycles. The molecule has 0 bridgehead atoms. The minimum absolute atomic E-state index is 0.416. The van der Waals surface area contributed by atoms with Crippen LogP contribution in [0.2, 0.25) is 0 Å². The van der Waals surface area contributed by atoms with E-state index in [2.05, 4.69) is 23.3 Å². The lowest BCUT2D eigenvalue weighted by Gasteiger charge is -2.02. The van der Waals surface area contributed by atoms with Crippen molar-refractivity contribution in [3.05, 3.63) is 78.1 Å². The van der Waals surface area contributed by atoms with Crippen LogP contribution in [0.15, 0.2) is 66.9 Å². The fraction of sp³-hybridized carbons (Fsp3) is 0.125. The van der Waals surface area contributed by atoms with Crippen molar-refractivity contribution in [2.45, 2.75) is 13.0 Å². The molecule has 0 unspecified atom stereocenters. The molecule has 5 heteroatoms. The molecule has 2 heterocycles. The summed E-state index contributed by atoms with van der Waals surface area (Å²) in [5.74, 6) is 0.801. The average molecular weight is 380 g/mol. The lowest BCUT2D eigenvalue weighted by atomic mass is 10.1. The van der Waals surface area contributed by atoms with Gasteiger partial charge in [0.1, 0.15) is 5.75 Å². The normalized spacial score (nSPS) is 11.0. The van der Waals surface area contributed by atoms with Crippen molar-refractivity contribution < 1.29 is 4.74 Å². The molecule has 2 aromatic heterocycles. The van der Waals surface area contributed by atoms with Gasteiger partial charge in [0, 0.05) is 22.7 Å². The van der Waals surface area contributed by atoms with E-state index < -0.39 is 0 Å². The van der Waals surface area contributed by atoms with Crippen molar-refractivity contribution in [2.24, 2.45) is 0 Å². The number of methoxy groups -OCH3 is 1. The molecule has 0 radical (unpaired) electrons. The molecule has 0 aliphatic rings. The summed E-state index contributed by atoms with van der Waals surface area (Å²) in [4.78, 5) is 4.70. The first kappa shape index (κ1) is 18.5. The Hall–Kier alpha value is -3.91. The number of para-hydroxylation sites is 1. The summed E-state index contributed by atoms with van der Waals surface area (Å²) in [7, 11) is 1.65.